The lowest BCUT2D eigenvalue weighted by Crippen LogP contribution is -2.69. The van der Waals surface area contributed by atoms with E-state index in [4.69, 9.17) is 4.74 Å². The Balaban J connectivity index is 1.36. The van der Waals surface area contributed by atoms with Gasteiger partial charge >= 0.3 is 5.97 Å². The molecule has 4 rings (SSSR count). The van der Waals surface area contributed by atoms with Crippen LogP contribution in [0.15, 0.2) is 59.6 Å². The van der Waals surface area contributed by atoms with E-state index < -0.39 is 11.3 Å². The second-order valence-electron chi connectivity index (χ2n) is 6.92. The first-order valence-electron chi connectivity index (χ1n) is 9.21. The fraction of sp³-hybridized carbons (Fsp3) is 0.286. The number of thiophene rings is 1. The number of carbonyl (C=O) groups excluding carboxylic acids is 3. The molecule has 0 radical (unpaired) electrons. The van der Waals surface area contributed by atoms with Crippen LogP contribution in [0.1, 0.15) is 17.4 Å². The highest BCUT2D eigenvalue weighted by molar-refractivity contribution is 8.01. The zero-order chi connectivity index (χ0) is 20.4. The number of fused-ring (bicyclic) bond motifs is 1. The molecule has 0 bridgehead atoms. The van der Waals surface area contributed by atoms with Crippen LogP contribution in [0.4, 0.5) is 0 Å². The number of nitrogens with one attached hydrogen (secondary N) is 1. The third kappa shape index (κ3) is 4.23. The number of nitrogens with zero attached hydrogens (tertiary/aromatic N) is 1. The summed E-state index contributed by atoms with van der Waals surface area (Å²) >= 11 is 2.85. The van der Waals surface area contributed by atoms with Crippen molar-refractivity contribution in [1.82, 2.24) is 10.2 Å². The molecule has 0 saturated carbocycles. The first kappa shape index (κ1) is 19.7. The highest BCUT2D eigenvalue weighted by Gasteiger charge is 2.52. The first-order chi connectivity index (χ1) is 14.0. The number of hydrogen-bond acceptors (Lipinski definition) is 6. The lowest BCUT2D eigenvalue weighted by molar-refractivity contribution is -0.146. The van der Waals surface area contributed by atoms with E-state index in [9.17, 15) is 14.4 Å². The minimum absolute atomic E-state index is 0.155. The number of amides is 2. The summed E-state index contributed by atoms with van der Waals surface area (Å²) in [5, 5.41) is 3.93. The van der Waals surface area contributed by atoms with Gasteiger partial charge in [0, 0.05) is 11.1 Å². The normalized spacial score (nSPS) is 22.9. The number of esters is 1. The van der Waals surface area contributed by atoms with E-state index >= 15 is 0 Å². The van der Waals surface area contributed by atoms with Gasteiger partial charge in [-0.3, -0.25) is 14.4 Å². The number of ether oxygens (including phenoxy) is 1. The number of thioether (sulfide) groups is 1. The molecule has 150 valence electrons. The predicted octanol–water partition coefficient (Wildman–Crippen LogP) is 2.71. The molecule has 2 amide bonds. The monoisotopic (exact) mass is 428 g/mol. The molecule has 2 aromatic rings. The van der Waals surface area contributed by atoms with Gasteiger partial charge in [-0.2, -0.15) is 0 Å². The SMILES string of the molecule is CC1=CN2C(=O)C(NC(=O)Cc3cccs3)[C@H]2SC1C(=O)OCc1ccccc1. The van der Waals surface area contributed by atoms with E-state index in [0.29, 0.717) is 0 Å². The summed E-state index contributed by atoms with van der Waals surface area (Å²) in [6, 6.07) is 12.6. The highest BCUT2D eigenvalue weighted by atomic mass is 32.2. The van der Waals surface area contributed by atoms with Crippen LogP contribution in [0.25, 0.3) is 0 Å². The average Bonchev–Trinajstić information content (AvgIpc) is 3.24. The van der Waals surface area contributed by atoms with Gasteiger partial charge in [-0.05, 0) is 29.5 Å². The van der Waals surface area contributed by atoms with Crippen LogP contribution in [0.5, 0.6) is 0 Å². The van der Waals surface area contributed by atoms with Gasteiger partial charge in [-0.1, -0.05) is 36.4 Å². The van der Waals surface area contributed by atoms with Crippen LogP contribution in [0.2, 0.25) is 0 Å². The van der Waals surface area contributed by atoms with Crippen LogP contribution in [-0.2, 0) is 32.1 Å². The van der Waals surface area contributed by atoms with Gasteiger partial charge in [0.1, 0.15) is 23.3 Å². The third-order valence-electron chi connectivity index (χ3n) is 4.78. The molecule has 3 atom stereocenters. The van der Waals surface area contributed by atoms with Crippen molar-refractivity contribution >= 4 is 40.9 Å². The summed E-state index contributed by atoms with van der Waals surface area (Å²) in [5.41, 5.74) is 1.68. The van der Waals surface area contributed by atoms with Crippen molar-refractivity contribution < 1.29 is 19.1 Å². The van der Waals surface area contributed by atoms with Crippen molar-refractivity contribution in [3.8, 4) is 0 Å². The highest BCUT2D eigenvalue weighted by Crippen LogP contribution is 2.40. The molecule has 1 fully saturated rings. The molecule has 1 N–H and O–H groups in total. The van der Waals surface area contributed by atoms with Crippen molar-refractivity contribution in [3.05, 3.63) is 70.1 Å². The number of β-lactam (4-membered cyclic amide) rings is 1. The zero-order valence-electron chi connectivity index (χ0n) is 15.7. The van der Waals surface area contributed by atoms with Crippen LogP contribution < -0.4 is 5.32 Å². The van der Waals surface area contributed by atoms with E-state index in [-0.39, 0.29) is 36.2 Å². The molecular formula is C21H20N2O4S2. The van der Waals surface area contributed by atoms with Crippen LogP contribution in [-0.4, -0.2) is 39.3 Å². The Hall–Kier alpha value is -2.58. The van der Waals surface area contributed by atoms with Gasteiger partial charge in [0.15, 0.2) is 0 Å². The minimum atomic E-state index is -0.624. The summed E-state index contributed by atoms with van der Waals surface area (Å²) in [4.78, 5) is 39.8. The maximum absolute atomic E-state index is 12.6. The average molecular weight is 429 g/mol. The minimum Gasteiger partial charge on any atom is -0.460 e. The summed E-state index contributed by atoms with van der Waals surface area (Å²) in [6.07, 6.45) is 1.94. The topological polar surface area (TPSA) is 75.7 Å². The second-order valence-corrected chi connectivity index (χ2v) is 9.18. The van der Waals surface area contributed by atoms with E-state index in [1.165, 1.54) is 23.1 Å². The van der Waals surface area contributed by atoms with E-state index in [0.717, 1.165) is 16.0 Å². The molecule has 2 unspecified atom stereocenters. The lowest BCUT2D eigenvalue weighted by atomic mass is 10.1. The zero-order valence-corrected chi connectivity index (χ0v) is 17.4. The van der Waals surface area contributed by atoms with Gasteiger partial charge in [0.05, 0.1) is 6.42 Å². The molecule has 6 nitrogen and oxygen atoms in total. The van der Waals surface area contributed by atoms with E-state index in [1.54, 1.807) is 11.1 Å². The smallest absolute Gasteiger partial charge is 0.323 e. The van der Waals surface area contributed by atoms with E-state index in [1.807, 2.05) is 54.8 Å². The number of benzene rings is 1. The van der Waals surface area contributed by atoms with Crippen molar-refractivity contribution in [3.63, 3.8) is 0 Å². The van der Waals surface area contributed by atoms with Crippen LogP contribution >= 0.6 is 23.1 Å². The summed E-state index contributed by atoms with van der Waals surface area (Å²) in [5.74, 6) is -0.687. The predicted molar refractivity (Wildman–Crippen MR) is 112 cm³/mol. The molecule has 1 aromatic heterocycles. The lowest BCUT2D eigenvalue weighted by Gasteiger charge is -2.48. The van der Waals surface area contributed by atoms with Crippen molar-refractivity contribution in [2.45, 2.75) is 36.6 Å². The standard InChI is InChI=1S/C21H20N2O4S2/c1-13-11-23-19(25)17(22-16(24)10-15-8-5-9-28-15)20(23)29-18(13)21(26)27-12-14-6-3-2-4-7-14/h2-9,11,17-18,20H,10,12H2,1H3,(H,22,24)/t17?,18?,20-/m1/s1. The quantitative estimate of drug-likeness (QED) is 0.566. The molecule has 1 saturated heterocycles. The summed E-state index contributed by atoms with van der Waals surface area (Å²) < 4.78 is 5.47. The number of hydrogen-bond donors (Lipinski definition) is 1. The number of carbonyl (C=O) groups is 3. The van der Waals surface area contributed by atoms with Gasteiger partial charge < -0.3 is 15.0 Å². The van der Waals surface area contributed by atoms with E-state index in [2.05, 4.69) is 5.32 Å². The molecular weight excluding hydrogens is 408 g/mol. The maximum Gasteiger partial charge on any atom is 0.323 e. The van der Waals surface area contributed by atoms with Gasteiger partial charge in [0.25, 0.3) is 5.91 Å². The number of rotatable bonds is 6. The van der Waals surface area contributed by atoms with Gasteiger partial charge in [-0.15, -0.1) is 23.1 Å². The Morgan fingerprint density at radius 3 is 2.69 bits per heavy atom. The fourth-order valence-corrected chi connectivity index (χ4v) is 5.35. The van der Waals surface area contributed by atoms with Crippen LogP contribution in [0, 0.1) is 0 Å². The fourth-order valence-electron chi connectivity index (χ4n) is 3.28. The molecule has 0 spiro atoms. The van der Waals surface area contributed by atoms with Crippen molar-refractivity contribution in [2.75, 3.05) is 0 Å². The molecule has 8 heteroatoms. The van der Waals surface area contributed by atoms with Crippen molar-refractivity contribution in [1.29, 1.82) is 0 Å². The largest absolute Gasteiger partial charge is 0.460 e. The van der Waals surface area contributed by atoms with Gasteiger partial charge in [-0.25, -0.2) is 0 Å². The summed E-state index contributed by atoms with van der Waals surface area (Å²) in [6.45, 7) is 2.02. The van der Waals surface area contributed by atoms with Crippen LogP contribution in [0.3, 0.4) is 0 Å². The maximum atomic E-state index is 12.6. The Morgan fingerprint density at radius 2 is 1.97 bits per heavy atom. The molecule has 0 aliphatic carbocycles. The molecule has 2 aliphatic heterocycles. The third-order valence-corrected chi connectivity index (χ3v) is 7.27. The molecule has 3 heterocycles. The van der Waals surface area contributed by atoms with Crippen molar-refractivity contribution in [2.24, 2.45) is 0 Å². The van der Waals surface area contributed by atoms with Gasteiger partial charge in [0.2, 0.25) is 5.91 Å². The Labute approximate surface area is 176 Å². The Morgan fingerprint density at radius 1 is 1.17 bits per heavy atom. The molecule has 29 heavy (non-hydrogen) atoms. The Bertz CT molecular complexity index is 943. The molecule has 2 aliphatic rings. The summed E-state index contributed by atoms with van der Waals surface area (Å²) in [7, 11) is 0. The molecule has 1 aromatic carbocycles. The Kier molecular flexibility index (Phi) is 5.73. The first-order valence-corrected chi connectivity index (χ1v) is 11.0. The second kappa shape index (κ2) is 8.42.